The first-order valence-electron chi connectivity index (χ1n) is 7.01. The van der Waals surface area contributed by atoms with Crippen LogP contribution in [0.1, 0.15) is 44.2 Å². The fraction of sp³-hybridized carbons (Fsp3) is 0.786. The summed E-state index contributed by atoms with van der Waals surface area (Å²) >= 11 is 1.86. The molecule has 4 heteroatoms. The molecule has 1 aromatic heterocycles. The van der Waals surface area contributed by atoms with E-state index in [0.717, 1.165) is 12.5 Å². The summed E-state index contributed by atoms with van der Waals surface area (Å²) in [4.78, 5) is 8.60. The van der Waals surface area contributed by atoms with Gasteiger partial charge in [0, 0.05) is 30.6 Å². The quantitative estimate of drug-likeness (QED) is 0.908. The molecule has 1 N–H and O–H groups in total. The van der Waals surface area contributed by atoms with Crippen LogP contribution in [0.15, 0.2) is 0 Å². The molecule has 1 saturated heterocycles. The van der Waals surface area contributed by atoms with E-state index >= 15 is 0 Å². The number of hydrogen-bond donors (Lipinski definition) is 1. The van der Waals surface area contributed by atoms with Crippen molar-refractivity contribution in [2.24, 2.45) is 5.92 Å². The number of aromatic nitrogens is 1. The summed E-state index contributed by atoms with van der Waals surface area (Å²) in [5.74, 6) is 0.806. The minimum Gasteiger partial charge on any atom is -0.348 e. The second kappa shape index (κ2) is 6.02. The summed E-state index contributed by atoms with van der Waals surface area (Å²) in [5, 5.41) is 4.70. The topological polar surface area (TPSA) is 28.2 Å². The molecule has 102 valence electrons. The van der Waals surface area contributed by atoms with Crippen LogP contribution in [-0.2, 0) is 6.54 Å². The summed E-state index contributed by atoms with van der Waals surface area (Å²) in [6, 6.07) is 0.532. The van der Waals surface area contributed by atoms with Gasteiger partial charge in [-0.2, -0.15) is 0 Å². The first-order valence-corrected chi connectivity index (χ1v) is 7.82. The molecule has 1 unspecified atom stereocenters. The Labute approximate surface area is 115 Å². The molecule has 2 rings (SSSR count). The van der Waals surface area contributed by atoms with Gasteiger partial charge >= 0.3 is 0 Å². The van der Waals surface area contributed by atoms with Gasteiger partial charge in [-0.1, -0.05) is 20.8 Å². The van der Waals surface area contributed by atoms with Crippen LogP contribution < -0.4 is 10.2 Å². The minimum absolute atomic E-state index is 0.532. The number of thiazole rings is 1. The summed E-state index contributed by atoms with van der Waals surface area (Å²) in [7, 11) is 0. The van der Waals surface area contributed by atoms with Gasteiger partial charge in [0.05, 0.1) is 5.69 Å². The van der Waals surface area contributed by atoms with Gasteiger partial charge in [0.1, 0.15) is 0 Å². The molecule has 1 fully saturated rings. The average molecular weight is 267 g/mol. The molecule has 0 amide bonds. The Bertz CT molecular complexity index is 386. The number of anilines is 1. The highest BCUT2D eigenvalue weighted by atomic mass is 32.1. The molecule has 1 atom stereocenters. The van der Waals surface area contributed by atoms with Crippen LogP contribution in [0, 0.1) is 12.8 Å². The van der Waals surface area contributed by atoms with Crippen LogP contribution in [0.5, 0.6) is 0 Å². The van der Waals surface area contributed by atoms with Crippen LogP contribution in [0.4, 0.5) is 5.13 Å². The second-order valence-electron chi connectivity index (χ2n) is 5.73. The van der Waals surface area contributed by atoms with Gasteiger partial charge in [0.25, 0.3) is 0 Å². The van der Waals surface area contributed by atoms with Crippen molar-refractivity contribution in [1.29, 1.82) is 0 Å². The highest BCUT2D eigenvalue weighted by molar-refractivity contribution is 7.15. The van der Waals surface area contributed by atoms with Crippen molar-refractivity contribution >= 4 is 16.5 Å². The molecular weight excluding hydrogens is 242 g/mol. The Morgan fingerprint density at radius 1 is 1.50 bits per heavy atom. The zero-order valence-electron chi connectivity index (χ0n) is 12.0. The molecule has 0 bridgehead atoms. The van der Waals surface area contributed by atoms with Crippen molar-refractivity contribution < 1.29 is 0 Å². The number of piperidine rings is 1. The van der Waals surface area contributed by atoms with Gasteiger partial charge in [-0.15, -0.1) is 11.3 Å². The van der Waals surface area contributed by atoms with Gasteiger partial charge in [0.15, 0.2) is 5.13 Å². The molecule has 0 aromatic carbocycles. The second-order valence-corrected chi connectivity index (χ2v) is 6.80. The van der Waals surface area contributed by atoms with E-state index < -0.39 is 0 Å². The minimum atomic E-state index is 0.532. The largest absolute Gasteiger partial charge is 0.348 e. The lowest BCUT2D eigenvalue weighted by molar-refractivity contribution is 0.446. The average Bonchev–Trinajstić information content (AvgIpc) is 2.68. The van der Waals surface area contributed by atoms with Crippen molar-refractivity contribution in [2.45, 2.75) is 53.1 Å². The van der Waals surface area contributed by atoms with Crippen molar-refractivity contribution in [3.05, 3.63) is 10.6 Å². The SMILES string of the molecule is Cc1nc(N2CCCC(C)C2)sc1CNC(C)C. The molecule has 1 aromatic rings. The maximum atomic E-state index is 4.75. The van der Waals surface area contributed by atoms with Gasteiger partial charge in [-0.25, -0.2) is 4.98 Å². The number of aryl methyl sites for hydroxylation is 1. The van der Waals surface area contributed by atoms with Crippen LogP contribution in [0.2, 0.25) is 0 Å². The van der Waals surface area contributed by atoms with Crippen LogP contribution in [0.25, 0.3) is 0 Å². The van der Waals surface area contributed by atoms with E-state index in [0.29, 0.717) is 6.04 Å². The standard InChI is InChI=1S/C14H25N3S/c1-10(2)15-8-13-12(4)16-14(18-13)17-7-5-6-11(3)9-17/h10-11,15H,5-9H2,1-4H3. The third-order valence-corrected chi connectivity index (χ3v) is 4.70. The summed E-state index contributed by atoms with van der Waals surface area (Å²) in [6.45, 7) is 12.1. The molecule has 18 heavy (non-hydrogen) atoms. The normalized spacial score (nSPS) is 20.7. The highest BCUT2D eigenvalue weighted by Gasteiger charge is 2.20. The summed E-state index contributed by atoms with van der Waals surface area (Å²) < 4.78 is 0. The molecule has 0 saturated carbocycles. The summed E-state index contributed by atoms with van der Waals surface area (Å²) in [5.41, 5.74) is 1.20. The van der Waals surface area contributed by atoms with Crippen molar-refractivity contribution in [3.8, 4) is 0 Å². The molecular formula is C14H25N3S. The predicted molar refractivity (Wildman–Crippen MR) is 79.4 cm³/mol. The van der Waals surface area contributed by atoms with Crippen molar-refractivity contribution in [2.75, 3.05) is 18.0 Å². The van der Waals surface area contributed by atoms with Gasteiger partial charge in [-0.05, 0) is 25.7 Å². The first kappa shape index (κ1) is 13.8. The van der Waals surface area contributed by atoms with Crippen LogP contribution >= 0.6 is 11.3 Å². The maximum Gasteiger partial charge on any atom is 0.185 e. The Hall–Kier alpha value is -0.610. The third-order valence-electron chi connectivity index (χ3n) is 3.48. The lowest BCUT2D eigenvalue weighted by atomic mass is 10.0. The molecule has 1 aliphatic heterocycles. The maximum absolute atomic E-state index is 4.75. The Morgan fingerprint density at radius 3 is 2.94 bits per heavy atom. The molecule has 0 spiro atoms. The fourth-order valence-electron chi connectivity index (χ4n) is 2.37. The molecule has 2 heterocycles. The fourth-order valence-corrected chi connectivity index (χ4v) is 3.42. The van der Waals surface area contributed by atoms with Crippen molar-refractivity contribution in [1.82, 2.24) is 10.3 Å². The Kier molecular flexibility index (Phi) is 4.62. The number of rotatable bonds is 4. The molecule has 0 aliphatic carbocycles. The van der Waals surface area contributed by atoms with E-state index in [-0.39, 0.29) is 0 Å². The number of nitrogens with zero attached hydrogens (tertiary/aromatic N) is 2. The monoisotopic (exact) mass is 267 g/mol. The van der Waals surface area contributed by atoms with Gasteiger partial charge < -0.3 is 10.2 Å². The highest BCUT2D eigenvalue weighted by Crippen LogP contribution is 2.29. The molecule has 3 nitrogen and oxygen atoms in total. The lowest BCUT2D eigenvalue weighted by Crippen LogP contribution is -2.34. The third kappa shape index (κ3) is 3.45. The first-order chi connectivity index (χ1) is 8.56. The van der Waals surface area contributed by atoms with Crippen molar-refractivity contribution in [3.63, 3.8) is 0 Å². The smallest absolute Gasteiger partial charge is 0.185 e. The zero-order chi connectivity index (χ0) is 13.1. The lowest BCUT2D eigenvalue weighted by Gasteiger charge is -2.30. The van der Waals surface area contributed by atoms with Gasteiger partial charge in [0.2, 0.25) is 0 Å². The Balaban J connectivity index is 2.03. The molecule has 0 radical (unpaired) electrons. The van der Waals surface area contributed by atoms with E-state index in [4.69, 9.17) is 4.98 Å². The van der Waals surface area contributed by atoms with E-state index in [1.807, 2.05) is 11.3 Å². The van der Waals surface area contributed by atoms with E-state index in [9.17, 15) is 0 Å². The zero-order valence-corrected chi connectivity index (χ0v) is 12.8. The van der Waals surface area contributed by atoms with E-state index in [1.165, 1.54) is 41.6 Å². The predicted octanol–water partition coefficient (Wildman–Crippen LogP) is 3.19. The van der Waals surface area contributed by atoms with E-state index in [2.05, 4.69) is 37.9 Å². The van der Waals surface area contributed by atoms with Crippen LogP contribution in [-0.4, -0.2) is 24.1 Å². The van der Waals surface area contributed by atoms with E-state index in [1.54, 1.807) is 0 Å². The number of hydrogen-bond acceptors (Lipinski definition) is 4. The van der Waals surface area contributed by atoms with Gasteiger partial charge in [-0.3, -0.25) is 0 Å². The summed E-state index contributed by atoms with van der Waals surface area (Å²) in [6.07, 6.45) is 2.67. The number of nitrogens with one attached hydrogen (secondary N) is 1. The Morgan fingerprint density at radius 2 is 2.28 bits per heavy atom. The molecule has 1 aliphatic rings. The van der Waals surface area contributed by atoms with Crippen LogP contribution in [0.3, 0.4) is 0 Å².